The molecular formula is C15H20N6O3. The fourth-order valence-corrected chi connectivity index (χ4v) is 2.42. The second-order valence-electron chi connectivity index (χ2n) is 5.22. The van der Waals surface area contributed by atoms with Crippen LogP contribution >= 0.6 is 0 Å². The van der Waals surface area contributed by atoms with E-state index in [1.165, 1.54) is 19.4 Å². The van der Waals surface area contributed by atoms with E-state index in [4.69, 9.17) is 5.41 Å². The quantitative estimate of drug-likeness (QED) is 0.468. The lowest BCUT2D eigenvalue weighted by atomic mass is 10.2. The highest BCUT2D eigenvalue weighted by molar-refractivity contribution is 6.14. The van der Waals surface area contributed by atoms with Crippen LogP contribution in [0.5, 0.6) is 0 Å². The predicted molar refractivity (Wildman–Crippen MR) is 90.9 cm³/mol. The third-order valence-electron chi connectivity index (χ3n) is 3.55. The van der Waals surface area contributed by atoms with Crippen LogP contribution in [-0.2, 0) is 4.74 Å². The zero-order valence-electron chi connectivity index (χ0n) is 13.3. The summed E-state index contributed by atoms with van der Waals surface area (Å²) in [4.78, 5) is 28.0. The molecule has 0 radical (unpaired) electrons. The van der Waals surface area contributed by atoms with E-state index in [-0.39, 0.29) is 23.5 Å². The number of ether oxygens (including phenoxy) is 1. The van der Waals surface area contributed by atoms with Crippen molar-refractivity contribution in [2.24, 2.45) is 5.10 Å². The summed E-state index contributed by atoms with van der Waals surface area (Å²) in [6.07, 6.45) is 5.65. The maximum Gasteiger partial charge on any atom is 0.412 e. The minimum atomic E-state index is -0.674. The first-order chi connectivity index (χ1) is 11.6. The molecule has 1 heterocycles. The Kier molecular flexibility index (Phi) is 6.23. The first kappa shape index (κ1) is 17.4. The third kappa shape index (κ3) is 4.77. The average Bonchev–Trinajstić information content (AvgIpc) is 3.09. The molecule has 9 heteroatoms. The van der Waals surface area contributed by atoms with Crippen molar-refractivity contribution in [3.05, 3.63) is 17.8 Å². The van der Waals surface area contributed by atoms with Gasteiger partial charge in [0, 0.05) is 12.3 Å². The van der Waals surface area contributed by atoms with Crippen molar-refractivity contribution in [1.82, 2.24) is 10.3 Å². The molecule has 0 aromatic carbocycles. The molecule has 1 fully saturated rings. The minimum absolute atomic E-state index is 0.109. The van der Waals surface area contributed by atoms with E-state index in [0.29, 0.717) is 5.69 Å². The predicted octanol–water partition coefficient (Wildman–Crippen LogP) is 1.98. The molecule has 1 aromatic heterocycles. The Balaban J connectivity index is 2.21. The van der Waals surface area contributed by atoms with Crippen LogP contribution in [0.1, 0.15) is 36.2 Å². The first-order valence-corrected chi connectivity index (χ1v) is 7.59. The fraction of sp³-hybridized carbons (Fsp3) is 0.400. The van der Waals surface area contributed by atoms with Crippen LogP contribution in [0.4, 0.5) is 16.3 Å². The first-order valence-electron chi connectivity index (χ1n) is 7.59. The number of hydrogen-bond donors (Lipinski definition) is 4. The lowest BCUT2D eigenvalue weighted by Gasteiger charge is -2.14. The summed E-state index contributed by atoms with van der Waals surface area (Å²) in [5.41, 5.74) is 3.15. The van der Waals surface area contributed by atoms with Gasteiger partial charge in [0.2, 0.25) is 0 Å². The molecule has 0 atom stereocenters. The van der Waals surface area contributed by atoms with E-state index in [1.54, 1.807) is 6.07 Å². The normalized spacial score (nSPS) is 14.4. The van der Waals surface area contributed by atoms with Crippen molar-refractivity contribution in [3.63, 3.8) is 0 Å². The minimum Gasteiger partial charge on any atom is -0.453 e. The molecule has 128 valence electrons. The van der Waals surface area contributed by atoms with Gasteiger partial charge in [-0.25, -0.2) is 9.78 Å². The Labute approximate surface area is 139 Å². The lowest BCUT2D eigenvalue weighted by molar-refractivity contribution is 0.0933. The number of pyridine rings is 1. The number of aromatic nitrogens is 1. The zero-order valence-corrected chi connectivity index (χ0v) is 13.3. The van der Waals surface area contributed by atoms with Crippen LogP contribution < -0.4 is 16.1 Å². The van der Waals surface area contributed by atoms with Crippen LogP contribution in [0.2, 0.25) is 0 Å². The molecule has 0 aliphatic heterocycles. The van der Waals surface area contributed by atoms with Crippen LogP contribution in [0, 0.1) is 5.41 Å². The van der Waals surface area contributed by atoms with Crippen molar-refractivity contribution in [3.8, 4) is 0 Å². The Hall–Kier alpha value is -2.97. The number of nitrogens with zero attached hydrogens (tertiary/aromatic N) is 2. The highest BCUT2D eigenvalue weighted by Gasteiger charge is 2.21. The Morgan fingerprint density at radius 3 is 2.79 bits per heavy atom. The Bertz CT molecular complexity index is 640. The molecule has 1 aromatic rings. The van der Waals surface area contributed by atoms with Gasteiger partial charge in [0.25, 0.3) is 5.91 Å². The van der Waals surface area contributed by atoms with Gasteiger partial charge in [-0.15, -0.1) is 0 Å². The van der Waals surface area contributed by atoms with E-state index in [0.717, 1.165) is 31.9 Å². The van der Waals surface area contributed by atoms with Gasteiger partial charge >= 0.3 is 6.09 Å². The summed E-state index contributed by atoms with van der Waals surface area (Å²) in [5.74, 6) is -0.150. The van der Waals surface area contributed by atoms with Gasteiger partial charge in [0.05, 0.1) is 19.0 Å². The van der Waals surface area contributed by atoms with Crippen molar-refractivity contribution in [2.75, 3.05) is 17.9 Å². The van der Waals surface area contributed by atoms with Gasteiger partial charge in [-0.3, -0.25) is 15.5 Å². The smallest absolute Gasteiger partial charge is 0.412 e. The van der Waals surface area contributed by atoms with Crippen molar-refractivity contribution < 1.29 is 14.3 Å². The van der Waals surface area contributed by atoms with E-state index >= 15 is 0 Å². The molecule has 9 nitrogen and oxygen atoms in total. The molecular weight excluding hydrogens is 312 g/mol. The second-order valence-corrected chi connectivity index (χ2v) is 5.22. The maximum atomic E-state index is 12.5. The van der Waals surface area contributed by atoms with Gasteiger partial charge in [-0.05, 0) is 25.0 Å². The maximum absolute atomic E-state index is 12.5. The van der Waals surface area contributed by atoms with Crippen molar-refractivity contribution >= 4 is 35.9 Å². The molecule has 4 N–H and O–H groups in total. The summed E-state index contributed by atoms with van der Waals surface area (Å²) in [5, 5.41) is 16.1. The van der Waals surface area contributed by atoms with Crippen LogP contribution in [0.25, 0.3) is 0 Å². The largest absolute Gasteiger partial charge is 0.453 e. The van der Waals surface area contributed by atoms with Crippen molar-refractivity contribution in [2.45, 2.75) is 31.7 Å². The molecule has 1 saturated carbocycles. The number of rotatable bonds is 6. The number of hydrazone groups is 1. The number of amides is 2. The Morgan fingerprint density at radius 1 is 1.38 bits per heavy atom. The van der Waals surface area contributed by atoms with Crippen LogP contribution in [0.15, 0.2) is 17.2 Å². The van der Waals surface area contributed by atoms with Crippen LogP contribution in [0.3, 0.4) is 0 Å². The van der Waals surface area contributed by atoms with Crippen LogP contribution in [-0.4, -0.2) is 42.6 Å². The van der Waals surface area contributed by atoms with E-state index < -0.39 is 6.09 Å². The highest BCUT2D eigenvalue weighted by Crippen LogP contribution is 2.21. The van der Waals surface area contributed by atoms with E-state index in [2.05, 4.69) is 30.9 Å². The third-order valence-corrected chi connectivity index (χ3v) is 3.55. The molecule has 0 unspecified atom stereocenters. The van der Waals surface area contributed by atoms with E-state index in [9.17, 15) is 9.59 Å². The molecule has 1 aliphatic rings. The Morgan fingerprint density at radius 2 is 2.12 bits per heavy atom. The summed E-state index contributed by atoms with van der Waals surface area (Å²) >= 11 is 0. The van der Waals surface area contributed by atoms with Gasteiger partial charge in [0.1, 0.15) is 5.82 Å². The summed E-state index contributed by atoms with van der Waals surface area (Å²) < 4.78 is 4.52. The molecule has 1 aliphatic carbocycles. The van der Waals surface area contributed by atoms with Gasteiger partial charge < -0.3 is 15.5 Å². The summed E-state index contributed by atoms with van der Waals surface area (Å²) in [7, 11) is 1.24. The summed E-state index contributed by atoms with van der Waals surface area (Å²) in [6.45, 7) is 0. The standard InChI is InChI=1S/C15H20N6O3/c1-24-15(23)20-12-7-6-11(21-17-9-8-16)13(19-12)14(22)18-10-4-2-3-5-10/h6-10,16,21H,2-5H2,1H3,(H,18,22)(H,19,20,23)/b16-8?,17-9-. The van der Waals surface area contributed by atoms with Gasteiger partial charge in [-0.1, -0.05) is 12.8 Å². The highest BCUT2D eigenvalue weighted by atomic mass is 16.5. The van der Waals surface area contributed by atoms with E-state index in [1.807, 2.05) is 0 Å². The summed E-state index contributed by atoms with van der Waals surface area (Å²) in [6, 6.07) is 3.23. The number of carbonyl (C=O) groups is 2. The number of methoxy groups -OCH3 is 1. The number of anilines is 2. The molecule has 24 heavy (non-hydrogen) atoms. The SMILES string of the molecule is COC(=O)Nc1ccc(N/N=C\C=N)c(C(=O)NC2CCCC2)n1. The average molecular weight is 332 g/mol. The van der Waals surface area contributed by atoms with Gasteiger partial charge in [0.15, 0.2) is 5.69 Å². The molecule has 0 spiro atoms. The topological polar surface area (TPSA) is 129 Å². The number of hydrogen-bond acceptors (Lipinski definition) is 7. The fourth-order valence-electron chi connectivity index (χ4n) is 2.42. The molecule has 0 saturated heterocycles. The van der Waals surface area contributed by atoms with Gasteiger partial charge in [-0.2, -0.15) is 5.10 Å². The van der Waals surface area contributed by atoms with Crippen molar-refractivity contribution in [1.29, 1.82) is 5.41 Å². The second kappa shape index (κ2) is 8.61. The monoisotopic (exact) mass is 332 g/mol. The molecule has 2 rings (SSSR count). The number of carbonyl (C=O) groups excluding carboxylic acids is 2. The number of nitrogens with one attached hydrogen (secondary N) is 4. The zero-order chi connectivity index (χ0) is 17.4. The molecule has 0 bridgehead atoms. The lowest BCUT2D eigenvalue weighted by Crippen LogP contribution is -2.33. The molecule has 2 amide bonds.